The fourth-order valence-electron chi connectivity index (χ4n) is 2.89. The largest absolute Gasteiger partial charge is 0.393 e. The highest BCUT2D eigenvalue weighted by Gasteiger charge is 2.64. The molecule has 1 saturated carbocycles. The van der Waals surface area contributed by atoms with E-state index in [0.717, 1.165) is 11.1 Å². The first-order valence-corrected chi connectivity index (χ1v) is 6.96. The summed E-state index contributed by atoms with van der Waals surface area (Å²) in [5, 5.41) is 3.06. The van der Waals surface area contributed by atoms with Gasteiger partial charge in [0.05, 0.1) is 5.92 Å². The van der Waals surface area contributed by atoms with Gasteiger partial charge >= 0.3 is 6.18 Å². The molecule has 21 heavy (non-hydrogen) atoms. The van der Waals surface area contributed by atoms with Crippen molar-refractivity contribution in [3.8, 4) is 0 Å². The highest BCUT2D eigenvalue weighted by Crippen LogP contribution is 2.56. The highest BCUT2D eigenvalue weighted by atomic mass is 19.4. The molecule has 2 aromatic rings. The molecule has 0 aromatic heterocycles. The third-order valence-corrected chi connectivity index (χ3v) is 3.97. The zero-order chi connectivity index (χ0) is 14.9. The van der Waals surface area contributed by atoms with E-state index in [4.69, 9.17) is 0 Å². The molecule has 1 fully saturated rings. The van der Waals surface area contributed by atoms with Crippen LogP contribution < -0.4 is 5.32 Å². The molecule has 1 nitrogen and oxygen atoms in total. The van der Waals surface area contributed by atoms with Crippen molar-refractivity contribution in [3.05, 3.63) is 71.8 Å². The predicted molar refractivity (Wildman–Crippen MR) is 75.8 cm³/mol. The molecule has 0 radical (unpaired) electrons. The predicted octanol–water partition coefficient (Wildman–Crippen LogP) is 4.12. The van der Waals surface area contributed by atoms with E-state index in [1.165, 1.54) is 0 Å². The van der Waals surface area contributed by atoms with Gasteiger partial charge in [0.1, 0.15) is 0 Å². The summed E-state index contributed by atoms with van der Waals surface area (Å²) in [6, 6.07) is 17.9. The Labute approximate surface area is 121 Å². The summed E-state index contributed by atoms with van der Waals surface area (Å²) in [4.78, 5) is 0. The highest BCUT2D eigenvalue weighted by molar-refractivity contribution is 5.32. The number of alkyl halides is 3. The van der Waals surface area contributed by atoms with Gasteiger partial charge in [0, 0.05) is 18.5 Å². The first-order valence-electron chi connectivity index (χ1n) is 6.96. The van der Waals surface area contributed by atoms with E-state index in [9.17, 15) is 13.2 Å². The molecule has 3 rings (SSSR count). The van der Waals surface area contributed by atoms with Crippen LogP contribution in [0, 0.1) is 5.92 Å². The number of halogens is 3. The summed E-state index contributed by atoms with van der Waals surface area (Å²) in [7, 11) is 0. The van der Waals surface area contributed by atoms with Crippen molar-refractivity contribution >= 4 is 0 Å². The van der Waals surface area contributed by atoms with Crippen molar-refractivity contribution in [3.63, 3.8) is 0 Å². The summed E-state index contributed by atoms with van der Waals surface area (Å²) in [6.45, 7) is 0.460. The quantitative estimate of drug-likeness (QED) is 0.893. The average Bonchev–Trinajstić information content (AvgIpc) is 3.22. The fourth-order valence-corrected chi connectivity index (χ4v) is 2.89. The van der Waals surface area contributed by atoms with Gasteiger partial charge in [-0.15, -0.1) is 0 Å². The van der Waals surface area contributed by atoms with Gasteiger partial charge in [-0.05, 0) is 11.1 Å². The molecule has 0 aliphatic heterocycles. The summed E-state index contributed by atoms with van der Waals surface area (Å²) >= 11 is 0. The number of rotatable bonds is 4. The van der Waals surface area contributed by atoms with E-state index in [1.54, 1.807) is 24.3 Å². The molecule has 0 amide bonds. The topological polar surface area (TPSA) is 12.0 Å². The molecule has 4 heteroatoms. The Kier molecular flexibility index (Phi) is 3.72. The van der Waals surface area contributed by atoms with Crippen LogP contribution in [0.15, 0.2) is 60.7 Å². The van der Waals surface area contributed by atoms with E-state index < -0.39 is 24.1 Å². The Morgan fingerprint density at radius 1 is 0.857 bits per heavy atom. The summed E-state index contributed by atoms with van der Waals surface area (Å²) < 4.78 is 39.3. The van der Waals surface area contributed by atoms with Crippen molar-refractivity contribution in [1.29, 1.82) is 0 Å². The van der Waals surface area contributed by atoms with Crippen LogP contribution in [0.4, 0.5) is 13.2 Å². The normalized spacial score (nSPS) is 24.8. The maximum atomic E-state index is 13.1. The molecule has 0 spiro atoms. The first-order chi connectivity index (χ1) is 10.1. The maximum Gasteiger partial charge on any atom is 0.393 e. The number of benzene rings is 2. The Morgan fingerprint density at radius 3 is 2.00 bits per heavy atom. The SMILES string of the molecule is FC(F)(F)[C@@H]1[C@@H](NCc2ccccc2)[C@@H]1c1ccccc1. The van der Waals surface area contributed by atoms with E-state index in [-0.39, 0.29) is 0 Å². The van der Waals surface area contributed by atoms with Crippen LogP contribution in [0.2, 0.25) is 0 Å². The lowest BCUT2D eigenvalue weighted by molar-refractivity contribution is -0.150. The molecule has 0 bridgehead atoms. The van der Waals surface area contributed by atoms with E-state index in [2.05, 4.69) is 5.32 Å². The second-order valence-corrected chi connectivity index (χ2v) is 5.40. The first kappa shape index (κ1) is 14.1. The summed E-state index contributed by atoms with van der Waals surface area (Å²) in [6.07, 6.45) is -4.16. The van der Waals surface area contributed by atoms with Gasteiger partial charge in [-0.2, -0.15) is 13.2 Å². The third kappa shape index (κ3) is 3.10. The number of hydrogen-bond acceptors (Lipinski definition) is 1. The smallest absolute Gasteiger partial charge is 0.309 e. The number of nitrogens with one attached hydrogen (secondary N) is 1. The van der Waals surface area contributed by atoms with Crippen LogP contribution >= 0.6 is 0 Å². The van der Waals surface area contributed by atoms with Crippen LogP contribution in [0.5, 0.6) is 0 Å². The molecule has 3 atom stereocenters. The van der Waals surface area contributed by atoms with Crippen LogP contribution in [0.1, 0.15) is 17.0 Å². The van der Waals surface area contributed by atoms with Crippen LogP contribution in [0.25, 0.3) is 0 Å². The van der Waals surface area contributed by atoms with E-state index in [1.807, 2.05) is 36.4 Å². The van der Waals surface area contributed by atoms with Crippen LogP contribution in [0.3, 0.4) is 0 Å². The minimum Gasteiger partial charge on any atom is -0.309 e. The Morgan fingerprint density at radius 2 is 1.43 bits per heavy atom. The lowest BCUT2D eigenvalue weighted by Crippen LogP contribution is -2.23. The Hall–Kier alpha value is -1.81. The van der Waals surface area contributed by atoms with Gasteiger partial charge in [-0.3, -0.25) is 0 Å². The van der Waals surface area contributed by atoms with E-state index in [0.29, 0.717) is 6.54 Å². The molecule has 0 saturated heterocycles. The summed E-state index contributed by atoms with van der Waals surface area (Å²) in [5.41, 5.74) is 1.75. The van der Waals surface area contributed by atoms with Crippen molar-refractivity contribution in [2.75, 3.05) is 0 Å². The third-order valence-electron chi connectivity index (χ3n) is 3.97. The molecule has 1 N–H and O–H groups in total. The van der Waals surface area contributed by atoms with Crippen LogP contribution in [-0.4, -0.2) is 12.2 Å². The minimum atomic E-state index is -4.16. The summed E-state index contributed by atoms with van der Waals surface area (Å²) in [5.74, 6) is -1.77. The average molecular weight is 291 g/mol. The Bertz CT molecular complexity index is 580. The molecule has 1 aliphatic rings. The van der Waals surface area contributed by atoms with Gasteiger partial charge in [0.25, 0.3) is 0 Å². The molecule has 1 aliphatic carbocycles. The lowest BCUT2D eigenvalue weighted by atomic mass is 10.1. The van der Waals surface area contributed by atoms with Crippen molar-refractivity contribution in [1.82, 2.24) is 5.32 Å². The molecule has 0 unspecified atom stereocenters. The maximum absolute atomic E-state index is 13.1. The molecule has 0 heterocycles. The molecular formula is C17H16F3N. The van der Waals surface area contributed by atoms with Crippen molar-refractivity contribution in [2.45, 2.75) is 24.7 Å². The zero-order valence-electron chi connectivity index (χ0n) is 11.3. The van der Waals surface area contributed by atoms with E-state index >= 15 is 0 Å². The van der Waals surface area contributed by atoms with Gasteiger partial charge in [0.2, 0.25) is 0 Å². The van der Waals surface area contributed by atoms with Crippen LogP contribution in [-0.2, 0) is 6.54 Å². The second-order valence-electron chi connectivity index (χ2n) is 5.40. The molecular weight excluding hydrogens is 275 g/mol. The van der Waals surface area contributed by atoms with Crippen molar-refractivity contribution < 1.29 is 13.2 Å². The molecule has 110 valence electrons. The van der Waals surface area contributed by atoms with Gasteiger partial charge in [-0.1, -0.05) is 60.7 Å². The van der Waals surface area contributed by atoms with Gasteiger partial charge in [-0.25, -0.2) is 0 Å². The molecule has 2 aromatic carbocycles. The second kappa shape index (κ2) is 5.53. The standard InChI is InChI=1S/C17H16F3N/c18-17(19,20)15-14(13-9-5-2-6-10-13)16(15)21-11-12-7-3-1-4-8-12/h1-10,14-16,21H,11H2/t14-,15+,16+/m1/s1. The minimum absolute atomic E-state index is 0.460. The number of hydrogen-bond donors (Lipinski definition) is 1. The Balaban J connectivity index is 1.71. The fraction of sp³-hybridized carbons (Fsp3) is 0.294. The van der Waals surface area contributed by atoms with Gasteiger partial charge < -0.3 is 5.32 Å². The zero-order valence-corrected chi connectivity index (χ0v) is 11.3. The lowest BCUT2D eigenvalue weighted by Gasteiger charge is -2.06. The van der Waals surface area contributed by atoms with Gasteiger partial charge in [0.15, 0.2) is 0 Å². The van der Waals surface area contributed by atoms with Crippen molar-refractivity contribution in [2.24, 2.45) is 5.92 Å². The monoisotopic (exact) mass is 291 g/mol.